The lowest BCUT2D eigenvalue weighted by molar-refractivity contribution is -0.174. The lowest BCUT2D eigenvalue weighted by atomic mass is 9.48. The molecule has 5 aliphatic rings. The number of likely N-dealkylation sites (tertiary alicyclic amines) is 1. The molecule has 54 heavy (non-hydrogen) atoms. The van der Waals surface area contributed by atoms with Crippen molar-refractivity contribution >= 4 is 0 Å². The Kier molecular flexibility index (Phi) is 10.5. The molecule has 0 radical (unpaired) electrons. The molecular formula is C43H51F3N2O6. The highest BCUT2D eigenvalue weighted by molar-refractivity contribution is 5.64. The van der Waals surface area contributed by atoms with Crippen molar-refractivity contribution in [3.8, 4) is 17.2 Å². The fraction of sp³-hybridized carbons (Fsp3) is 0.535. The Morgan fingerprint density at radius 3 is 2.52 bits per heavy atom. The van der Waals surface area contributed by atoms with Gasteiger partial charge in [0.25, 0.3) is 0 Å². The summed E-state index contributed by atoms with van der Waals surface area (Å²) in [6.45, 7) is 5.22. The second kappa shape index (κ2) is 15.1. The van der Waals surface area contributed by atoms with Crippen molar-refractivity contribution in [2.75, 3.05) is 59.7 Å². The van der Waals surface area contributed by atoms with E-state index in [2.05, 4.69) is 15.9 Å². The summed E-state index contributed by atoms with van der Waals surface area (Å²) in [5.41, 5.74) is 2.16. The topological polar surface area (TPSA) is 83.9 Å². The highest BCUT2D eigenvalue weighted by Crippen LogP contribution is 2.66. The largest absolute Gasteiger partial charge is 0.504 e. The standard InChI is InChI=1S/C43H51F3N2O6/c1-47(20-16-36(30-5-3-2-4-6-30)53-34-12-10-33(11-13-34)43(44,45)46)22-24-52-26-25-51-23-17-31-15-18-42(50)37-27-32-9-14-35(49)39-38(32)41(42,40(31)54-39)19-21-48(37)28-29-7-8-29/h2-6,9-14,17,29,36-37,40,49-50H,7-8,15-16,18-28H2,1H3/b31-17-/t36?,37-,40+,41+,42-/m1/s1. The number of hydrogen-bond acceptors (Lipinski definition) is 8. The average Bonchev–Trinajstić information content (AvgIpc) is 3.91. The maximum Gasteiger partial charge on any atom is 0.416 e. The number of alkyl halides is 3. The summed E-state index contributed by atoms with van der Waals surface area (Å²) >= 11 is 0. The fourth-order valence-electron chi connectivity index (χ4n) is 9.53. The molecule has 0 aromatic heterocycles. The van der Waals surface area contributed by atoms with Gasteiger partial charge in [-0.3, -0.25) is 4.90 Å². The summed E-state index contributed by atoms with van der Waals surface area (Å²) < 4.78 is 63.8. The second-order valence-electron chi connectivity index (χ2n) is 15.8. The van der Waals surface area contributed by atoms with Crippen LogP contribution in [0.4, 0.5) is 13.2 Å². The summed E-state index contributed by atoms with van der Waals surface area (Å²) in [4.78, 5) is 4.70. The van der Waals surface area contributed by atoms with E-state index in [1.54, 1.807) is 6.07 Å². The third kappa shape index (κ3) is 7.14. The van der Waals surface area contributed by atoms with Crippen molar-refractivity contribution in [2.24, 2.45) is 5.92 Å². The first kappa shape index (κ1) is 37.3. The molecule has 8 nitrogen and oxygen atoms in total. The van der Waals surface area contributed by atoms with Gasteiger partial charge in [-0.15, -0.1) is 0 Å². The van der Waals surface area contributed by atoms with Crippen LogP contribution in [0, 0.1) is 5.92 Å². The zero-order chi connectivity index (χ0) is 37.5. The quantitative estimate of drug-likeness (QED) is 0.119. The van der Waals surface area contributed by atoms with E-state index in [9.17, 15) is 23.4 Å². The molecule has 2 saturated carbocycles. The van der Waals surface area contributed by atoms with E-state index in [-0.39, 0.29) is 24.0 Å². The Morgan fingerprint density at radius 1 is 0.981 bits per heavy atom. The van der Waals surface area contributed by atoms with Gasteiger partial charge in [0.2, 0.25) is 0 Å². The number of likely N-dealkylation sites (N-methyl/N-ethyl adjacent to an activating group) is 1. The van der Waals surface area contributed by atoms with Gasteiger partial charge in [0.15, 0.2) is 11.5 Å². The van der Waals surface area contributed by atoms with Crippen molar-refractivity contribution in [1.29, 1.82) is 0 Å². The first-order valence-electron chi connectivity index (χ1n) is 19.5. The Balaban J connectivity index is 0.802. The van der Waals surface area contributed by atoms with Crippen LogP contribution in [0.15, 0.2) is 78.4 Å². The molecule has 3 aromatic rings. The van der Waals surface area contributed by atoms with Crippen LogP contribution >= 0.6 is 0 Å². The van der Waals surface area contributed by atoms with Crippen molar-refractivity contribution < 1.29 is 42.3 Å². The normalized spacial score (nSPS) is 27.2. The van der Waals surface area contributed by atoms with Crippen LogP contribution in [0.2, 0.25) is 0 Å². The zero-order valence-electron chi connectivity index (χ0n) is 30.9. The van der Waals surface area contributed by atoms with Gasteiger partial charge >= 0.3 is 6.18 Å². The third-order valence-electron chi connectivity index (χ3n) is 12.5. The van der Waals surface area contributed by atoms with Crippen LogP contribution in [-0.4, -0.2) is 97.4 Å². The van der Waals surface area contributed by atoms with Gasteiger partial charge in [0.05, 0.1) is 43.0 Å². The molecule has 0 amide bonds. The molecule has 1 unspecified atom stereocenters. The monoisotopic (exact) mass is 748 g/mol. The second-order valence-corrected chi connectivity index (χ2v) is 15.8. The summed E-state index contributed by atoms with van der Waals surface area (Å²) in [6, 6.07) is 18.4. The number of hydrogen-bond donors (Lipinski definition) is 2. The van der Waals surface area contributed by atoms with Gasteiger partial charge in [-0.1, -0.05) is 42.5 Å². The van der Waals surface area contributed by atoms with Crippen molar-refractivity contribution in [3.63, 3.8) is 0 Å². The Morgan fingerprint density at radius 2 is 1.76 bits per heavy atom. The van der Waals surface area contributed by atoms with E-state index >= 15 is 0 Å². The van der Waals surface area contributed by atoms with Crippen LogP contribution in [0.1, 0.15) is 66.9 Å². The van der Waals surface area contributed by atoms with Crippen molar-refractivity contribution in [3.05, 3.63) is 101 Å². The van der Waals surface area contributed by atoms with Gasteiger partial charge in [-0.2, -0.15) is 13.2 Å². The lowest BCUT2D eigenvalue weighted by Gasteiger charge is -2.63. The van der Waals surface area contributed by atoms with Crippen LogP contribution in [0.5, 0.6) is 17.2 Å². The lowest BCUT2D eigenvalue weighted by Crippen LogP contribution is -2.75. The zero-order valence-corrected chi connectivity index (χ0v) is 30.9. The highest BCUT2D eigenvalue weighted by atomic mass is 19.4. The van der Waals surface area contributed by atoms with E-state index in [4.69, 9.17) is 18.9 Å². The SMILES string of the molecule is CN(CCOCCOC/C=C1/CC[C@@]2(O)[C@H]3Cc4ccc(O)c5c4[C@@]2(CCN3CC2CC2)[C@H]1O5)CCC(Oc1ccc(C(F)(F)F)cc1)c1ccccc1. The van der Waals surface area contributed by atoms with Gasteiger partial charge in [0.1, 0.15) is 18.0 Å². The van der Waals surface area contributed by atoms with Crippen molar-refractivity contribution in [2.45, 2.75) is 80.4 Å². The molecule has 3 aromatic carbocycles. The number of rotatable bonds is 16. The van der Waals surface area contributed by atoms with Gasteiger partial charge < -0.3 is 34.1 Å². The molecule has 1 saturated heterocycles. The fourth-order valence-corrected chi connectivity index (χ4v) is 9.53. The minimum absolute atomic E-state index is 0.0567. The maximum atomic E-state index is 13.0. The molecule has 2 N–H and O–H groups in total. The molecule has 3 aliphatic carbocycles. The van der Waals surface area contributed by atoms with Crippen molar-refractivity contribution in [1.82, 2.24) is 9.80 Å². The molecule has 1 spiro atoms. The average molecular weight is 749 g/mol. The number of nitrogens with zero attached hydrogens (tertiary/aromatic N) is 2. The Bertz CT molecular complexity index is 1800. The van der Waals surface area contributed by atoms with E-state index in [0.29, 0.717) is 63.9 Å². The van der Waals surface area contributed by atoms with Gasteiger partial charge in [-0.25, -0.2) is 0 Å². The van der Waals surface area contributed by atoms with E-state index < -0.39 is 22.8 Å². The smallest absolute Gasteiger partial charge is 0.416 e. The summed E-state index contributed by atoms with van der Waals surface area (Å²) in [5.74, 6) is 1.85. The van der Waals surface area contributed by atoms with Gasteiger partial charge in [-0.05, 0) is 105 Å². The molecule has 2 bridgehead atoms. The van der Waals surface area contributed by atoms with E-state index in [0.717, 1.165) is 67.1 Å². The third-order valence-corrected chi connectivity index (χ3v) is 12.5. The molecule has 8 rings (SSSR count). The Hall–Kier alpha value is -3.61. The Labute approximate surface area is 315 Å². The molecule has 290 valence electrons. The number of aromatic hydroxyl groups is 1. The van der Waals surface area contributed by atoms with Crippen LogP contribution in [0.25, 0.3) is 0 Å². The van der Waals surface area contributed by atoms with E-state index in [1.165, 1.54) is 30.5 Å². The maximum absolute atomic E-state index is 13.0. The van der Waals surface area contributed by atoms with Crippen LogP contribution in [0.3, 0.4) is 0 Å². The number of piperidine rings is 1. The molecule has 5 atom stereocenters. The number of halogens is 3. The predicted molar refractivity (Wildman–Crippen MR) is 198 cm³/mol. The number of benzene rings is 3. The van der Waals surface area contributed by atoms with Crippen LogP contribution < -0.4 is 9.47 Å². The summed E-state index contributed by atoms with van der Waals surface area (Å²) in [7, 11) is 2.01. The predicted octanol–water partition coefficient (Wildman–Crippen LogP) is 7.08. The summed E-state index contributed by atoms with van der Waals surface area (Å²) in [5, 5.41) is 23.5. The molecule has 2 aliphatic heterocycles. The number of aliphatic hydroxyl groups is 1. The molecule has 3 fully saturated rings. The number of phenols is 1. The highest BCUT2D eigenvalue weighted by Gasteiger charge is 2.72. The van der Waals surface area contributed by atoms with Gasteiger partial charge in [0, 0.05) is 37.7 Å². The first-order chi connectivity index (χ1) is 26.1. The first-order valence-corrected chi connectivity index (χ1v) is 19.5. The summed E-state index contributed by atoms with van der Waals surface area (Å²) in [6.07, 6.45) is 3.30. The van der Waals surface area contributed by atoms with E-state index in [1.807, 2.05) is 43.4 Å². The minimum atomic E-state index is -4.39. The molecular weight excluding hydrogens is 697 g/mol. The minimum Gasteiger partial charge on any atom is -0.504 e. The molecule has 2 heterocycles. The number of ether oxygens (including phenoxy) is 4. The van der Waals surface area contributed by atoms with Crippen LogP contribution in [-0.2, 0) is 27.5 Å². The molecule has 11 heteroatoms. The number of phenolic OH excluding ortho intramolecular Hbond substituents is 1.